The molecule has 0 bridgehead atoms. The molecule has 0 saturated heterocycles. The van der Waals surface area contributed by atoms with Crippen LogP contribution in [0.2, 0.25) is 0 Å². The Labute approximate surface area is 87.8 Å². The number of aliphatic carboxylic acids is 1. The van der Waals surface area contributed by atoms with E-state index in [-0.39, 0.29) is 6.42 Å². The molecule has 0 fully saturated rings. The number of carboxylic acid groups (broad SMARTS) is 1. The molecule has 1 atom stereocenters. The first-order valence-corrected chi connectivity index (χ1v) is 4.87. The van der Waals surface area contributed by atoms with Crippen LogP contribution in [-0.4, -0.2) is 34.1 Å². The van der Waals surface area contributed by atoms with Gasteiger partial charge in [-0.25, -0.2) is 9.97 Å². The molecule has 0 radical (unpaired) electrons. The van der Waals surface area contributed by atoms with E-state index in [1.807, 2.05) is 7.05 Å². The Kier molecular flexibility index (Phi) is 2.30. The van der Waals surface area contributed by atoms with Gasteiger partial charge in [-0.1, -0.05) is 0 Å². The van der Waals surface area contributed by atoms with Crippen LogP contribution in [0.3, 0.4) is 0 Å². The average molecular weight is 207 g/mol. The van der Waals surface area contributed by atoms with Gasteiger partial charge in [0.1, 0.15) is 18.1 Å². The normalized spacial score (nSPS) is 19.1. The number of carbonyl (C=O) groups is 1. The maximum absolute atomic E-state index is 10.5. The van der Waals surface area contributed by atoms with Gasteiger partial charge in [0.05, 0.1) is 0 Å². The van der Waals surface area contributed by atoms with E-state index in [1.54, 1.807) is 6.20 Å². The van der Waals surface area contributed by atoms with E-state index in [9.17, 15) is 4.79 Å². The smallest absolute Gasteiger partial charge is 0.311 e. The fourth-order valence-electron chi connectivity index (χ4n) is 1.77. The Morgan fingerprint density at radius 2 is 2.47 bits per heavy atom. The minimum Gasteiger partial charge on any atom is -0.481 e. The number of hydrogen-bond acceptors (Lipinski definition) is 4. The number of hydrogen-bond donors (Lipinski definition) is 1. The van der Waals surface area contributed by atoms with Crippen LogP contribution >= 0.6 is 0 Å². The standard InChI is InChI=1S/C10H13N3O2/c1-6-3-7-5-11-8(4-9(14)15)12-10(7)13(6)2/h5-6H,3-4H2,1-2H3,(H,14,15). The molecule has 2 rings (SSSR count). The van der Waals surface area contributed by atoms with Crippen LogP contribution in [0.1, 0.15) is 18.3 Å². The molecular weight excluding hydrogens is 194 g/mol. The lowest BCUT2D eigenvalue weighted by molar-refractivity contribution is -0.136. The molecule has 80 valence electrons. The molecule has 0 aromatic carbocycles. The topological polar surface area (TPSA) is 66.3 Å². The third-order valence-electron chi connectivity index (χ3n) is 2.71. The van der Waals surface area contributed by atoms with Gasteiger partial charge in [0, 0.05) is 24.8 Å². The van der Waals surface area contributed by atoms with Gasteiger partial charge in [-0.05, 0) is 13.3 Å². The lowest BCUT2D eigenvalue weighted by Gasteiger charge is -2.17. The average Bonchev–Trinajstić information content (AvgIpc) is 2.43. The summed E-state index contributed by atoms with van der Waals surface area (Å²) in [4.78, 5) is 20.9. The maximum atomic E-state index is 10.5. The van der Waals surface area contributed by atoms with Gasteiger partial charge in [0.2, 0.25) is 0 Å². The summed E-state index contributed by atoms with van der Waals surface area (Å²) < 4.78 is 0. The number of likely N-dealkylation sites (N-methyl/N-ethyl adjacent to an activating group) is 1. The van der Waals surface area contributed by atoms with Crippen LogP contribution in [0.25, 0.3) is 0 Å². The highest BCUT2D eigenvalue weighted by atomic mass is 16.4. The summed E-state index contributed by atoms with van der Waals surface area (Å²) in [6.45, 7) is 2.11. The van der Waals surface area contributed by atoms with Gasteiger partial charge in [-0.2, -0.15) is 0 Å². The van der Waals surface area contributed by atoms with Gasteiger partial charge in [-0.15, -0.1) is 0 Å². The highest BCUT2D eigenvalue weighted by Crippen LogP contribution is 2.27. The van der Waals surface area contributed by atoms with Crippen molar-refractivity contribution in [3.8, 4) is 0 Å². The quantitative estimate of drug-likeness (QED) is 0.764. The molecule has 1 aromatic rings. The summed E-state index contributed by atoms with van der Waals surface area (Å²) in [5.74, 6) is 0.347. The first-order valence-electron chi connectivity index (χ1n) is 4.87. The van der Waals surface area contributed by atoms with Crippen LogP contribution in [0, 0.1) is 0 Å². The van der Waals surface area contributed by atoms with Crippen molar-refractivity contribution in [2.75, 3.05) is 11.9 Å². The lowest BCUT2D eigenvalue weighted by Crippen LogP contribution is -2.24. The molecule has 1 N–H and O–H groups in total. The first kappa shape index (κ1) is 9.89. The van der Waals surface area contributed by atoms with Crippen molar-refractivity contribution in [2.24, 2.45) is 0 Å². The summed E-state index contributed by atoms with van der Waals surface area (Å²) in [6.07, 6.45) is 2.55. The number of carboxylic acids is 1. The Balaban J connectivity index is 2.31. The van der Waals surface area contributed by atoms with Gasteiger partial charge in [0.15, 0.2) is 0 Å². The molecule has 0 saturated carbocycles. The van der Waals surface area contributed by atoms with Crippen molar-refractivity contribution in [1.82, 2.24) is 9.97 Å². The van der Waals surface area contributed by atoms with E-state index in [4.69, 9.17) is 5.11 Å². The monoisotopic (exact) mass is 207 g/mol. The zero-order valence-electron chi connectivity index (χ0n) is 8.77. The number of rotatable bonds is 2. The second-order valence-corrected chi connectivity index (χ2v) is 3.87. The molecule has 1 aromatic heterocycles. The third-order valence-corrected chi connectivity index (χ3v) is 2.71. The van der Waals surface area contributed by atoms with E-state index >= 15 is 0 Å². The van der Waals surface area contributed by atoms with Gasteiger partial charge in [-0.3, -0.25) is 4.79 Å². The second-order valence-electron chi connectivity index (χ2n) is 3.87. The first-order chi connectivity index (χ1) is 7.08. The summed E-state index contributed by atoms with van der Waals surface area (Å²) in [5, 5.41) is 8.64. The summed E-state index contributed by atoms with van der Waals surface area (Å²) in [5.41, 5.74) is 1.10. The molecule has 5 nitrogen and oxygen atoms in total. The molecule has 1 aliphatic heterocycles. The van der Waals surface area contributed by atoms with E-state index in [1.165, 1.54) is 0 Å². The number of nitrogens with zero attached hydrogens (tertiary/aromatic N) is 3. The van der Waals surface area contributed by atoms with E-state index in [0.29, 0.717) is 11.9 Å². The summed E-state index contributed by atoms with van der Waals surface area (Å²) >= 11 is 0. The highest BCUT2D eigenvalue weighted by Gasteiger charge is 2.25. The maximum Gasteiger partial charge on any atom is 0.311 e. The van der Waals surface area contributed by atoms with E-state index in [0.717, 1.165) is 17.8 Å². The van der Waals surface area contributed by atoms with Gasteiger partial charge in [0.25, 0.3) is 0 Å². The number of fused-ring (bicyclic) bond motifs is 1. The van der Waals surface area contributed by atoms with Crippen LogP contribution in [0.15, 0.2) is 6.20 Å². The molecule has 1 aliphatic rings. The second kappa shape index (κ2) is 3.49. The fraction of sp³-hybridized carbons (Fsp3) is 0.500. The minimum absolute atomic E-state index is 0.116. The molecule has 5 heteroatoms. The molecule has 1 unspecified atom stereocenters. The fourth-order valence-corrected chi connectivity index (χ4v) is 1.77. The molecule has 0 spiro atoms. The van der Waals surface area contributed by atoms with Crippen LogP contribution < -0.4 is 4.90 Å². The predicted octanol–water partition coefficient (Wildman–Crippen LogP) is 0.484. The highest BCUT2D eigenvalue weighted by molar-refractivity contribution is 5.69. The zero-order valence-corrected chi connectivity index (χ0v) is 8.77. The van der Waals surface area contributed by atoms with Crippen molar-refractivity contribution in [2.45, 2.75) is 25.8 Å². The molecule has 2 heterocycles. The van der Waals surface area contributed by atoms with Crippen molar-refractivity contribution in [1.29, 1.82) is 0 Å². The van der Waals surface area contributed by atoms with Crippen LogP contribution in [-0.2, 0) is 17.6 Å². The lowest BCUT2D eigenvalue weighted by atomic mass is 10.2. The molecule has 0 aliphatic carbocycles. The number of anilines is 1. The Hall–Kier alpha value is -1.65. The third kappa shape index (κ3) is 1.77. The summed E-state index contributed by atoms with van der Waals surface area (Å²) in [6, 6.07) is 0.411. The Morgan fingerprint density at radius 3 is 3.13 bits per heavy atom. The SMILES string of the molecule is CC1Cc2cnc(CC(=O)O)nc2N1C. The largest absolute Gasteiger partial charge is 0.481 e. The molecular formula is C10H13N3O2. The van der Waals surface area contributed by atoms with Crippen molar-refractivity contribution < 1.29 is 9.90 Å². The van der Waals surface area contributed by atoms with Crippen molar-refractivity contribution >= 4 is 11.8 Å². The Bertz CT molecular complexity index is 406. The Morgan fingerprint density at radius 1 is 1.73 bits per heavy atom. The van der Waals surface area contributed by atoms with E-state index < -0.39 is 5.97 Å². The minimum atomic E-state index is -0.899. The number of aromatic nitrogens is 2. The van der Waals surface area contributed by atoms with Crippen LogP contribution in [0.4, 0.5) is 5.82 Å². The van der Waals surface area contributed by atoms with Crippen molar-refractivity contribution in [3.05, 3.63) is 17.6 Å². The van der Waals surface area contributed by atoms with Crippen LogP contribution in [0.5, 0.6) is 0 Å². The molecule has 0 amide bonds. The van der Waals surface area contributed by atoms with Gasteiger partial charge < -0.3 is 10.0 Å². The summed E-state index contributed by atoms with van der Waals surface area (Å²) in [7, 11) is 1.97. The molecule has 15 heavy (non-hydrogen) atoms. The van der Waals surface area contributed by atoms with Crippen molar-refractivity contribution in [3.63, 3.8) is 0 Å². The predicted molar refractivity (Wildman–Crippen MR) is 54.9 cm³/mol. The van der Waals surface area contributed by atoms with E-state index in [2.05, 4.69) is 21.8 Å². The van der Waals surface area contributed by atoms with Gasteiger partial charge >= 0.3 is 5.97 Å². The zero-order chi connectivity index (χ0) is 11.0.